The van der Waals surface area contributed by atoms with Crippen LogP contribution in [0.2, 0.25) is 5.28 Å². The highest BCUT2D eigenvalue weighted by Crippen LogP contribution is 2.32. The van der Waals surface area contributed by atoms with Gasteiger partial charge in [0.05, 0.1) is 5.69 Å². The van der Waals surface area contributed by atoms with E-state index < -0.39 is 0 Å². The van der Waals surface area contributed by atoms with E-state index in [1.807, 2.05) is 0 Å². The van der Waals surface area contributed by atoms with E-state index in [9.17, 15) is 0 Å². The monoisotopic (exact) mass is 320 g/mol. The highest BCUT2D eigenvalue weighted by atomic mass is 35.5. The third kappa shape index (κ3) is 2.70. The first-order valence-corrected chi connectivity index (χ1v) is 8.69. The Labute approximate surface area is 133 Å². The molecule has 0 spiro atoms. The van der Waals surface area contributed by atoms with Gasteiger partial charge in [0.25, 0.3) is 0 Å². The van der Waals surface area contributed by atoms with Crippen LogP contribution in [0, 0.1) is 0 Å². The van der Waals surface area contributed by atoms with Gasteiger partial charge < -0.3 is 0 Å². The maximum atomic E-state index is 5.74. The zero-order valence-electron chi connectivity index (χ0n) is 11.8. The molecule has 0 unspecified atom stereocenters. The Morgan fingerprint density at radius 1 is 1.14 bits per heavy atom. The lowest BCUT2D eigenvalue weighted by molar-refractivity contribution is 0.133. The Kier molecular flexibility index (Phi) is 3.65. The molecule has 6 heteroatoms. The predicted octanol–water partition coefficient (Wildman–Crippen LogP) is 3.21. The highest BCUT2D eigenvalue weighted by molar-refractivity contribution is 7.15. The lowest BCUT2D eigenvalue weighted by Crippen LogP contribution is -2.41. The van der Waals surface area contributed by atoms with Crippen LogP contribution in [-0.2, 0) is 12.8 Å². The van der Waals surface area contributed by atoms with E-state index in [0.717, 1.165) is 36.0 Å². The molecule has 4 nitrogen and oxygen atoms in total. The Balaban J connectivity index is 1.53. The molecule has 1 aliphatic heterocycles. The van der Waals surface area contributed by atoms with E-state index >= 15 is 0 Å². The average Bonchev–Trinajstić information content (AvgIpc) is 2.75. The van der Waals surface area contributed by atoms with Gasteiger partial charge in [-0.1, -0.05) is 6.42 Å². The third-order valence-corrected chi connectivity index (χ3v) is 5.90. The quantitative estimate of drug-likeness (QED) is 0.797. The van der Waals surface area contributed by atoms with Crippen LogP contribution in [-0.4, -0.2) is 39.0 Å². The van der Waals surface area contributed by atoms with Gasteiger partial charge in [0.1, 0.15) is 5.01 Å². The SMILES string of the molecule is Clc1ncc(-c2nc3c(s2)CCN(C2CCC2)CC3)cn1. The fraction of sp³-hybridized carbons (Fsp3) is 0.533. The van der Waals surface area contributed by atoms with E-state index in [1.165, 1.54) is 36.4 Å². The minimum absolute atomic E-state index is 0.285. The molecule has 2 aromatic heterocycles. The van der Waals surface area contributed by atoms with Crippen molar-refractivity contribution in [3.63, 3.8) is 0 Å². The van der Waals surface area contributed by atoms with Gasteiger partial charge in [-0.3, -0.25) is 4.90 Å². The summed E-state index contributed by atoms with van der Waals surface area (Å²) in [7, 11) is 0. The summed E-state index contributed by atoms with van der Waals surface area (Å²) < 4.78 is 0. The number of halogens is 1. The molecule has 3 heterocycles. The fourth-order valence-corrected chi connectivity index (χ4v) is 4.21. The minimum atomic E-state index is 0.285. The Hall–Kier alpha value is -1.04. The largest absolute Gasteiger partial charge is 0.300 e. The van der Waals surface area contributed by atoms with E-state index in [2.05, 4.69) is 14.9 Å². The Bertz CT molecular complexity index is 610. The summed E-state index contributed by atoms with van der Waals surface area (Å²) in [6, 6.07) is 0.836. The second-order valence-electron chi connectivity index (χ2n) is 5.75. The summed E-state index contributed by atoms with van der Waals surface area (Å²) in [6.45, 7) is 2.33. The standard InChI is InChI=1S/C15H17ClN4S/c16-15-17-8-10(9-18-15)14-19-12-4-6-20(11-2-1-3-11)7-5-13(12)21-14/h8-9,11H,1-7H2. The molecule has 21 heavy (non-hydrogen) atoms. The smallest absolute Gasteiger partial charge is 0.222 e. The fourth-order valence-electron chi connectivity index (χ4n) is 3.04. The van der Waals surface area contributed by atoms with Gasteiger partial charge in [-0.2, -0.15) is 0 Å². The summed E-state index contributed by atoms with van der Waals surface area (Å²) >= 11 is 7.53. The zero-order chi connectivity index (χ0) is 14.2. The van der Waals surface area contributed by atoms with Crippen LogP contribution < -0.4 is 0 Å². The van der Waals surface area contributed by atoms with Crippen LogP contribution in [0.5, 0.6) is 0 Å². The molecule has 2 aliphatic rings. The molecule has 2 aromatic rings. The van der Waals surface area contributed by atoms with Crippen LogP contribution >= 0.6 is 22.9 Å². The van der Waals surface area contributed by atoms with E-state index in [-0.39, 0.29) is 5.28 Å². The molecule has 0 atom stereocenters. The van der Waals surface area contributed by atoms with Crippen LogP contribution in [0.1, 0.15) is 29.8 Å². The maximum absolute atomic E-state index is 5.74. The molecule has 0 aromatic carbocycles. The number of hydrogen-bond acceptors (Lipinski definition) is 5. The molecule has 1 aliphatic carbocycles. The molecule has 0 N–H and O–H groups in total. The Morgan fingerprint density at radius 3 is 2.62 bits per heavy atom. The van der Waals surface area contributed by atoms with E-state index in [1.54, 1.807) is 23.7 Å². The molecule has 1 saturated carbocycles. The first-order chi connectivity index (χ1) is 10.3. The number of hydrogen-bond donors (Lipinski definition) is 0. The average molecular weight is 321 g/mol. The topological polar surface area (TPSA) is 41.9 Å². The van der Waals surface area contributed by atoms with Crippen molar-refractivity contribution in [3.05, 3.63) is 28.2 Å². The van der Waals surface area contributed by atoms with Crippen LogP contribution in [0.4, 0.5) is 0 Å². The number of thiazole rings is 1. The van der Waals surface area contributed by atoms with Crippen LogP contribution in [0.15, 0.2) is 12.4 Å². The lowest BCUT2D eigenvalue weighted by Gasteiger charge is -2.36. The summed E-state index contributed by atoms with van der Waals surface area (Å²) in [4.78, 5) is 17.0. The molecule has 0 radical (unpaired) electrons. The van der Waals surface area contributed by atoms with Gasteiger partial charge >= 0.3 is 0 Å². The van der Waals surface area contributed by atoms with Gasteiger partial charge in [-0.25, -0.2) is 15.0 Å². The van der Waals surface area contributed by atoms with Crippen molar-refractivity contribution in [2.24, 2.45) is 0 Å². The third-order valence-electron chi connectivity index (χ3n) is 4.50. The summed E-state index contributed by atoms with van der Waals surface area (Å²) in [5, 5.41) is 1.31. The summed E-state index contributed by atoms with van der Waals surface area (Å²) in [6.07, 6.45) is 9.88. The molecule has 0 saturated heterocycles. The number of rotatable bonds is 2. The lowest BCUT2D eigenvalue weighted by atomic mass is 9.91. The molecular formula is C15H17ClN4S. The highest BCUT2D eigenvalue weighted by Gasteiger charge is 2.27. The number of nitrogens with zero attached hydrogens (tertiary/aromatic N) is 4. The van der Waals surface area contributed by atoms with Gasteiger partial charge in [0, 0.05) is 48.4 Å². The van der Waals surface area contributed by atoms with Gasteiger partial charge in [-0.15, -0.1) is 11.3 Å². The molecule has 0 amide bonds. The van der Waals surface area contributed by atoms with Crippen LogP contribution in [0.25, 0.3) is 10.6 Å². The van der Waals surface area contributed by atoms with Crippen molar-refractivity contribution in [1.82, 2.24) is 19.9 Å². The molecule has 110 valence electrons. The van der Waals surface area contributed by atoms with Crippen molar-refractivity contribution in [2.75, 3.05) is 13.1 Å². The first-order valence-electron chi connectivity index (χ1n) is 7.50. The molecular weight excluding hydrogens is 304 g/mol. The summed E-state index contributed by atoms with van der Waals surface area (Å²) in [5.41, 5.74) is 2.24. The molecule has 4 rings (SSSR count). The zero-order valence-corrected chi connectivity index (χ0v) is 13.3. The van der Waals surface area contributed by atoms with Crippen LogP contribution in [0.3, 0.4) is 0 Å². The molecule has 0 bridgehead atoms. The number of fused-ring (bicyclic) bond motifs is 1. The van der Waals surface area contributed by atoms with Gasteiger partial charge in [0.15, 0.2) is 0 Å². The van der Waals surface area contributed by atoms with Crippen molar-refractivity contribution >= 4 is 22.9 Å². The van der Waals surface area contributed by atoms with E-state index in [0.29, 0.717) is 0 Å². The summed E-state index contributed by atoms with van der Waals surface area (Å²) in [5.74, 6) is 0. The first kappa shape index (κ1) is 13.6. The Morgan fingerprint density at radius 2 is 1.90 bits per heavy atom. The normalized spacial score (nSPS) is 19.9. The maximum Gasteiger partial charge on any atom is 0.222 e. The predicted molar refractivity (Wildman–Crippen MR) is 84.8 cm³/mol. The number of aromatic nitrogens is 3. The minimum Gasteiger partial charge on any atom is -0.300 e. The van der Waals surface area contributed by atoms with E-state index in [4.69, 9.17) is 16.6 Å². The van der Waals surface area contributed by atoms with Crippen molar-refractivity contribution < 1.29 is 0 Å². The van der Waals surface area contributed by atoms with Crippen molar-refractivity contribution in [2.45, 2.75) is 38.1 Å². The van der Waals surface area contributed by atoms with Gasteiger partial charge in [0.2, 0.25) is 5.28 Å². The second-order valence-corrected chi connectivity index (χ2v) is 7.17. The molecule has 1 fully saturated rings. The van der Waals surface area contributed by atoms with Gasteiger partial charge in [-0.05, 0) is 30.9 Å². The van der Waals surface area contributed by atoms with Crippen molar-refractivity contribution in [3.8, 4) is 10.6 Å². The second kappa shape index (κ2) is 5.63. The van der Waals surface area contributed by atoms with Crippen molar-refractivity contribution in [1.29, 1.82) is 0 Å².